The summed E-state index contributed by atoms with van der Waals surface area (Å²) in [7, 11) is -4.00. The third kappa shape index (κ3) is 3.96. The van der Waals surface area contributed by atoms with Crippen molar-refractivity contribution in [1.82, 2.24) is 9.19 Å². The van der Waals surface area contributed by atoms with Gasteiger partial charge in [-0.25, -0.2) is 4.39 Å². The highest BCUT2D eigenvalue weighted by Crippen LogP contribution is 2.30. The average molecular weight is 523 g/mol. The van der Waals surface area contributed by atoms with E-state index in [4.69, 9.17) is 11.6 Å². The van der Waals surface area contributed by atoms with Crippen LogP contribution in [0.5, 0.6) is 0 Å². The number of hydrogen-bond donors (Lipinski definition) is 1. The lowest BCUT2D eigenvalue weighted by Gasteiger charge is -2.09. The molecular formula is C21H14BrClFN3O3S. The molecule has 4 rings (SSSR count). The van der Waals surface area contributed by atoms with Gasteiger partial charge in [0, 0.05) is 11.1 Å². The van der Waals surface area contributed by atoms with Crippen LogP contribution in [0.2, 0.25) is 5.02 Å². The third-order valence-corrected chi connectivity index (χ3v) is 7.05. The van der Waals surface area contributed by atoms with Gasteiger partial charge in [-0.05, 0) is 70.9 Å². The summed E-state index contributed by atoms with van der Waals surface area (Å²) in [4.78, 5) is 12.6. The SMILES string of the molecule is Cc1cccc(S(=O)(=O)n2nc(Br)c3ccc(NC(=O)c4c(F)cccc4Cl)cc32)c1. The maximum atomic E-state index is 14.1. The molecule has 0 spiro atoms. The van der Waals surface area contributed by atoms with Gasteiger partial charge in [-0.1, -0.05) is 29.8 Å². The van der Waals surface area contributed by atoms with E-state index in [1.807, 2.05) is 0 Å². The quantitative estimate of drug-likeness (QED) is 0.390. The van der Waals surface area contributed by atoms with Crippen LogP contribution in [0.1, 0.15) is 15.9 Å². The number of carbonyl (C=O) groups is 1. The van der Waals surface area contributed by atoms with Gasteiger partial charge >= 0.3 is 0 Å². The summed E-state index contributed by atoms with van der Waals surface area (Å²) in [5.74, 6) is -1.52. The van der Waals surface area contributed by atoms with Gasteiger partial charge in [-0.3, -0.25) is 4.79 Å². The Labute approximate surface area is 190 Å². The van der Waals surface area contributed by atoms with Crippen LogP contribution in [0.4, 0.5) is 10.1 Å². The first-order chi connectivity index (χ1) is 14.7. The molecule has 0 aliphatic heterocycles. The van der Waals surface area contributed by atoms with Gasteiger partial charge in [-0.15, -0.1) is 5.10 Å². The molecule has 6 nitrogen and oxygen atoms in total. The van der Waals surface area contributed by atoms with Crippen molar-refractivity contribution in [1.29, 1.82) is 0 Å². The van der Waals surface area contributed by atoms with Gasteiger partial charge in [0.25, 0.3) is 15.9 Å². The number of fused-ring (bicyclic) bond motifs is 1. The normalized spacial score (nSPS) is 11.6. The van der Waals surface area contributed by atoms with Gasteiger partial charge in [0.05, 0.1) is 21.0 Å². The van der Waals surface area contributed by atoms with E-state index in [9.17, 15) is 17.6 Å². The second kappa shape index (κ2) is 8.07. The van der Waals surface area contributed by atoms with Crippen molar-refractivity contribution in [3.05, 3.63) is 87.2 Å². The van der Waals surface area contributed by atoms with E-state index in [1.165, 1.54) is 24.3 Å². The lowest BCUT2D eigenvalue weighted by molar-refractivity contribution is 0.102. The largest absolute Gasteiger partial charge is 0.322 e. The Bertz CT molecular complexity index is 1430. The van der Waals surface area contributed by atoms with Crippen LogP contribution in [0, 0.1) is 12.7 Å². The van der Waals surface area contributed by atoms with Crippen molar-refractivity contribution in [3.8, 4) is 0 Å². The maximum Gasteiger partial charge on any atom is 0.283 e. The van der Waals surface area contributed by atoms with Gasteiger partial charge in [0.15, 0.2) is 0 Å². The number of anilines is 1. The topological polar surface area (TPSA) is 81.1 Å². The van der Waals surface area contributed by atoms with Crippen LogP contribution in [-0.4, -0.2) is 23.5 Å². The number of aromatic nitrogens is 2. The number of hydrogen-bond acceptors (Lipinski definition) is 4. The summed E-state index contributed by atoms with van der Waals surface area (Å²) in [6, 6.07) is 15.0. The van der Waals surface area contributed by atoms with E-state index in [0.29, 0.717) is 9.99 Å². The molecule has 3 aromatic carbocycles. The zero-order valence-electron chi connectivity index (χ0n) is 15.9. The van der Waals surface area contributed by atoms with Crippen molar-refractivity contribution in [3.63, 3.8) is 0 Å². The van der Waals surface area contributed by atoms with Gasteiger partial charge < -0.3 is 5.32 Å². The number of aryl methyl sites for hydroxylation is 1. The fraction of sp³-hybridized carbons (Fsp3) is 0.0476. The highest BCUT2D eigenvalue weighted by atomic mass is 79.9. The lowest BCUT2D eigenvalue weighted by atomic mass is 10.2. The summed E-state index contributed by atoms with van der Waals surface area (Å²) in [6.45, 7) is 1.79. The molecule has 10 heteroatoms. The average Bonchev–Trinajstić information content (AvgIpc) is 3.04. The second-order valence-electron chi connectivity index (χ2n) is 6.74. The fourth-order valence-corrected chi connectivity index (χ4v) is 5.33. The Hall–Kier alpha value is -2.75. The first-order valence-corrected chi connectivity index (χ1v) is 11.6. The van der Waals surface area contributed by atoms with Crippen molar-refractivity contribution < 1.29 is 17.6 Å². The van der Waals surface area contributed by atoms with Crippen LogP contribution >= 0.6 is 27.5 Å². The summed E-state index contributed by atoms with van der Waals surface area (Å²) in [5, 5.41) is 7.17. The van der Waals surface area contributed by atoms with Gasteiger partial charge in [-0.2, -0.15) is 12.5 Å². The molecule has 0 aliphatic carbocycles. The highest BCUT2D eigenvalue weighted by Gasteiger charge is 2.23. The predicted molar refractivity (Wildman–Crippen MR) is 121 cm³/mol. The number of carbonyl (C=O) groups excluding carboxylic acids is 1. The highest BCUT2D eigenvalue weighted by molar-refractivity contribution is 9.10. The molecule has 0 aliphatic rings. The van der Waals surface area contributed by atoms with Crippen molar-refractivity contribution in [2.45, 2.75) is 11.8 Å². The van der Waals surface area contributed by atoms with Crippen LogP contribution in [0.15, 0.2) is 70.2 Å². The summed E-state index contributed by atoms with van der Waals surface area (Å²) < 4.78 is 41.6. The first-order valence-electron chi connectivity index (χ1n) is 8.94. The summed E-state index contributed by atoms with van der Waals surface area (Å²) in [6.07, 6.45) is 0. The second-order valence-corrected chi connectivity index (χ2v) is 9.66. The van der Waals surface area contributed by atoms with Crippen molar-refractivity contribution >= 4 is 60.1 Å². The Morgan fingerprint density at radius 2 is 1.87 bits per heavy atom. The number of benzene rings is 3. The Morgan fingerprint density at radius 1 is 1.13 bits per heavy atom. The van der Waals surface area contributed by atoms with Gasteiger partial charge in [0.2, 0.25) is 0 Å². The maximum absolute atomic E-state index is 14.1. The molecule has 4 aromatic rings. The molecule has 31 heavy (non-hydrogen) atoms. The third-order valence-electron chi connectivity index (χ3n) is 4.57. The molecule has 0 saturated carbocycles. The number of amides is 1. The van der Waals surface area contributed by atoms with Crippen molar-refractivity contribution in [2.75, 3.05) is 5.32 Å². The molecule has 1 amide bonds. The standard InChI is InChI=1S/C21H14BrClFN3O3S/c1-12-4-2-5-14(10-12)31(29,30)27-18-11-13(8-9-15(18)20(22)26-27)25-21(28)19-16(23)6-3-7-17(19)24/h2-11H,1H3,(H,25,28). The van der Waals surface area contributed by atoms with Crippen LogP contribution < -0.4 is 5.32 Å². The summed E-state index contributed by atoms with van der Waals surface area (Å²) >= 11 is 9.23. The van der Waals surface area contributed by atoms with Crippen molar-refractivity contribution in [2.24, 2.45) is 0 Å². The fourth-order valence-electron chi connectivity index (χ4n) is 3.10. The summed E-state index contributed by atoms with van der Waals surface area (Å²) in [5.41, 5.74) is 0.980. The molecule has 1 aromatic heterocycles. The predicted octanol–water partition coefficient (Wildman–Crippen LogP) is 5.39. The van der Waals surface area contributed by atoms with Crippen LogP contribution in [-0.2, 0) is 10.0 Å². The number of halogens is 3. The zero-order valence-corrected chi connectivity index (χ0v) is 19.1. The molecule has 0 fully saturated rings. The number of rotatable bonds is 4. The molecule has 0 radical (unpaired) electrons. The zero-order chi connectivity index (χ0) is 22.3. The Balaban J connectivity index is 1.79. The van der Waals surface area contributed by atoms with E-state index in [1.54, 1.807) is 37.3 Å². The Kier molecular flexibility index (Phi) is 5.59. The van der Waals surface area contributed by atoms with Gasteiger partial charge in [0.1, 0.15) is 10.4 Å². The van der Waals surface area contributed by atoms with E-state index >= 15 is 0 Å². The van der Waals surface area contributed by atoms with E-state index in [-0.39, 0.29) is 26.7 Å². The van der Waals surface area contributed by atoms with Crippen LogP contribution in [0.3, 0.4) is 0 Å². The molecule has 0 saturated heterocycles. The minimum atomic E-state index is -4.00. The van der Waals surface area contributed by atoms with Crippen LogP contribution in [0.25, 0.3) is 10.9 Å². The lowest BCUT2D eigenvalue weighted by Crippen LogP contribution is -2.16. The molecule has 1 heterocycles. The molecule has 1 N–H and O–H groups in total. The molecular weight excluding hydrogens is 509 g/mol. The smallest absolute Gasteiger partial charge is 0.283 e. The molecule has 0 bridgehead atoms. The van der Waals surface area contributed by atoms with E-state index in [2.05, 4.69) is 26.3 Å². The molecule has 158 valence electrons. The Morgan fingerprint density at radius 3 is 2.58 bits per heavy atom. The molecule has 0 atom stereocenters. The van der Waals surface area contributed by atoms with E-state index < -0.39 is 21.7 Å². The minimum Gasteiger partial charge on any atom is -0.322 e. The first kappa shape index (κ1) is 21.5. The molecule has 0 unspecified atom stereocenters. The number of nitrogens with one attached hydrogen (secondary N) is 1. The van der Waals surface area contributed by atoms with E-state index in [0.717, 1.165) is 15.7 Å². The monoisotopic (exact) mass is 521 g/mol. The number of nitrogens with zero attached hydrogens (tertiary/aromatic N) is 2. The minimum absolute atomic E-state index is 0.0339.